The molecule has 1 aromatic carbocycles. The monoisotopic (exact) mass is 572 g/mol. The Morgan fingerprint density at radius 3 is 2.59 bits per heavy atom. The molecule has 3 rings (SSSR count). The number of amides is 5. The van der Waals surface area contributed by atoms with Crippen LogP contribution in [0.3, 0.4) is 0 Å². The molecule has 0 spiro atoms. The van der Waals surface area contributed by atoms with E-state index in [0.717, 1.165) is 25.9 Å². The molecule has 1 aromatic rings. The fourth-order valence-electron chi connectivity index (χ4n) is 5.13. The van der Waals surface area contributed by atoms with Crippen LogP contribution in [0.1, 0.15) is 69.7 Å². The normalized spacial score (nSPS) is 24.6. The van der Waals surface area contributed by atoms with Crippen molar-refractivity contribution >= 4 is 29.5 Å². The fraction of sp³-hybridized carbons (Fsp3) is 0.621. The number of carbonyl (C=O) groups is 5. The van der Waals surface area contributed by atoms with Gasteiger partial charge in [-0.15, -0.1) is 0 Å². The first kappa shape index (κ1) is 31.9. The number of nitrogens with two attached hydrogens (primary N) is 1. The molecule has 0 saturated carbocycles. The number of likely N-dealkylation sites (tertiary alicyclic amines) is 1. The Morgan fingerprint density at radius 1 is 1.12 bits per heavy atom. The molecule has 0 aliphatic carbocycles. The fourth-order valence-corrected chi connectivity index (χ4v) is 5.13. The third kappa shape index (κ3) is 9.44. The SMILES string of the molecule is CCN1CCC[C@H]1CNC(=O)[C@@H]1CCC(=O)N[C@@H](CCC(N)=O)C(=O)N[C@@H](C(C)C)COc2ccccc2C(=O)N1. The van der Waals surface area contributed by atoms with Crippen molar-refractivity contribution in [1.82, 2.24) is 26.2 Å². The maximum absolute atomic E-state index is 13.4. The minimum Gasteiger partial charge on any atom is -0.491 e. The molecule has 0 bridgehead atoms. The maximum Gasteiger partial charge on any atom is 0.255 e. The summed E-state index contributed by atoms with van der Waals surface area (Å²) in [5.41, 5.74) is 5.54. The van der Waals surface area contributed by atoms with Crippen LogP contribution in [-0.2, 0) is 19.2 Å². The van der Waals surface area contributed by atoms with Crippen molar-refractivity contribution in [2.45, 2.75) is 83.5 Å². The highest BCUT2D eigenvalue weighted by Crippen LogP contribution is 2.20. The highest BCUT2D eigenvalue weighted by molar-refractivity contribution is 6.00. The molecule has 0 aromatic heterocycles. The Labute approximate surface area is 241 Å². The van der Waals surface area contributed by atoms with Crippen molar-refractivity contribution in [2.24, 2.45) is 11.7 Å². The summed E-state index contributed by atoms with van der Waals surface area (Å²) in [7, 11) is 0. The van der Waals surface area contributed by atoms with Crippen molar-refractivity contribution < 1.29 is 28.7 Å². The number of fused-ring (bicyclic) bond motifs is 1. The molecule has 12 heteroatoms. The first-order valence-electron chi connectivity index (χ1n) is 14.5. The summed E-state index contributed by atoms with van der Waals surface area (Å²) in [4.78, 5) is 66.5. The van der Waals surface area contributed by atoms with Gasteiger partial charge in [0.15, 0.2) is 0 Å². The zero-order valence-corrected chi connectivity index (χ0v) is 24.2. The predicted octanol–water partition coefficient (Wildman–Crippen LogP) is 0.449. The number of ether oxygens (including phenoxy) is 1. The molecule has 2 heterocycles. The van der Waals surface area contributed by atoms with Crippen LogP contribution >= 0.6 is 0 Å². The number of hydrogen-bond acceptors (Lipinski definition) is 7. The minimum atomic E-state index is -1.00. The molecule has 2 aliphatic heterocycles. The van der Waals surface area contributed by atoms with Crippen molar-refractivity contribution in [3.63, 3.8) is 0 Å². The van der Waals surface area contributed by atoms with E-state index in [2.05, 4.69) is 33.1 Å². The average Bonchev–Trinajstić information content (AvgIpc) is 3.40. The number of likely N-dealkylation sites (N-methyl/N-ethyl adjacent to an activating group) is 1. The maximum atomic E-state index is 13.4. The lowest BCUT2D eigenvalue weighted by Gasteiger charge is -2.26. The zero-order valence-electron chi connectivity index (χ0n) is 24.2. The van der Waals surface area contributed by atoms with Crippen molar-refractivity contribution in [3.8, 4) is 5.75 Å². The van der Waals surface area contributed by atoms with Crippen LogP contribution in [-0.4, -0.2) is 84.8 Å². The van der Waals surface area contributed by atoms with E-state index < -0.39 is 41.8 Å². The number of rotatable bonds is 8. The van der Waals surface area contributed by atoms with Crippen LogP contribution in [0.5, 0.6) is 5.75 Å². The number of primary amides is 1. The van der Waals surface area contributed by atoms with E-state index in [-0.39, 0.29) is 55.7 Å². The van der Waals surface area contributed by atoms with Gasteiger partial charge in [0, 0.05) is 25.4 Å². The Bertz CT molecular complexity index is 1100. The molecule has 5 amide bonds. The lowest BCUT2D eigenvalue weighted by atomic mass is 10.0. The highest BCUT2D eigenvalue weighted by Gasteiger charge is 2.30. The van der Waals surface area contributed by atoms with E-state index >= 15 is 0 Å². The number of benzene rings is 1. The minimum absolute atomic E-state index is 0.00731. The number of para-hydroxylation sites is 1. The zero-order chi connectivity index (χ0) is 29.9. The van der Waals surface area contributed by atoms with Gasteiger partial charge in [-0.2, -0.15) is 0 Å². The Hall–Kier alpha value is -3.67. The van der Waals surface area contributed by atoms with Gasteiger partial charge in [0.1, 0.15) is 24.4 Å². The molecule has 226 valence electrons. The van der Waals surface area contributed by atoms with Crippen LogP contribution < -0.4 is 31.7 Å². The largest absolute Gasteiger partial charge is 0.491 e. The molecule has 0 unspecified atom stereocenters. The number of nitrogens with one attached hydrogen (secondary N) is 4. The van der Waals surface area contributed by atoms with Crippen molar-refractivity contribution in [3.05, 3.63) is 29.8 Å². The van der Waals surface area contributed by atoms with E-state index in [4.69, 9.17) is 10.5 Å². The summed E-state index contributed by atoms with van der Waals surface area (Å²) < 4.78 is 6.00. The Balaban J connectivity index is 1.85. The summed E-state index contributed by atoms with van der Waals surface area (Å²) in [5.74, 6) is -2.17. The molecule has 12 nitrogen and oxygen atoms in total. The molecule has 1 saturated heterocycles. The quantitative estimate of drug-likeness (QED) is 0.301. The van der Waals surface area contributed by atoms with E-state index in [1.165, 1.54) is 0 Å². The topological polar surface area (TPSA) is 172 Å². The van der Waals surface area contributed by atoms with Crippen molar-refractivity contribution in [2.75, 3.05) is 26.2 Å². The first-order valence-corrected chi connectivity index (χ1v) is 14.5. The summed E-state index contributed by atoms with van der Waals surface area (Å²) in [6, 6.07) is 4.46. The molecule has 2 aliphatic rings. The molecule has 4 atom stereocenters. The van der Waals surface area contributed by atoms with Gasteiger partial charge >= 0.3 is 0 Å². The predicted molar refractivity (Wildman–Crippen MR) is 153 cm³/mol. The third-order valence-electron chi connectivity index (χ3n) is 7.71. The van der Waals surface area contributed by atoms with Crippen LogP contribution in [0.2, 0.25) is 0 Å². The highest BCUT2D eigenvalue weighted by atomic mass is 16.5. The molecular weight excluding hydrogens is 528 g/mol. The van der Waals surface area contributed by atoms with Gasteiger partial charge in [-0.1, -0.05) is 32.9 Å². The second kappa shape index (κ2) is 15.4. The molecule has 0 radical (unpaired) electrons. The van der Waals surface area contributed by atoms with Crippen LogP contribution in [0.25, 0.3) is 0 Å². The second-order valence-electron chi connectivity index (χ2n) is 11.0. The van der Waals surface area contributed by atoms with Crippen LogP contribution in [0.4, 0.5) is 0 Å². The molecular formula is C29H44N6O6. The van der Waals surface area contributed by atoms with E-state index in [1.807, 2.05) is 13.8 Å². The van der Waals surface area contributed by atoms with Gasteiger partial charge in [0.05, 0.1) is 11.6 Å². The number of nitrogens with zero attached hydrogens (tertiary/aromatic N) is 1. The van der Waals surface area contributed by atoms with E-state index in [0.29, 0.717) is 12.3 Å². The van der Waals surface area contributed by atoms with Crippen LogP contribution in [0, 0.1) is 5.92 Å². The smallest absolute Gasteiger partial charge is 0.255 e. The second-order valence-corrected chi connectivity index (χ2v) is 11.0. The molecule has 6 N–H and O–H groups in total. The van der Waals surface area contributed by atoms with Gasteiger partial charge in [-0.25, -0.2) is 0 Å². The summed E-state index contributed by atoms with van der Waals surface area (Å²) in [6.45, 7) is 8.27. The van der Waals surface area contributed by atoms with E-state index in [1.54, 1.807) is 24.3 Å². The Morgan fingerprint density at radius 2 is 1.88 bits per heavy atom. The van der Waals surface area contributed by atoms with Gasteiger partial charge < -0.3 is 31.7 Å². The summed E-state index contributed by atoms with van der Waals surface area (Å²) in [6.07, 6.45) is 1.85. The average molecular weight is 573 g/mol. The third-order valence-corrected chi connectivity index (χ3v) is 7.71. The van der Waals surface area contributed by atoms with E-state index in [9.17, 15) is 24.0 Å². The van der Waals surface area contributed by atoms with Crippen molar-refractivity contribution in [1.29, 1.82) is 0 Å². The van der Waals surface area contributed by atoms with Gasteiger partial charge in [0.2, 0.25) is 23.6 Å². The van der Waals surface area contributed by atoms with Gasteiger partial charge in [-0.3, -0.25) is 28.9 Å². The summed E-state index contributed by atoms with van der Waals surface area (Å²) in [5, 5.41) is 11.3. The van der Waals surface area contributed by atoms with Gasteiger partial charge in [-0.05, 0) is 56.8 Å². The van der Waals surface area contributed by atoms with Gasteiger partial charge in [0.25, 0.3) is 5.91 Å². The molecule has 1 fully saturated rings. The molecule has 41 heavy (non-hydrogen) atoms. The number of hydrogen-bond donors (Lipinski definition) is 5. The first-order chi connectivity index (χ1) is 19.6. The van der Waals surface area contributed by atoms with Crippen LogP contribution in [0.15, 0.2) is 24.3 Å². The standard InChI is InChI=1S/C29H44N6O6/c1-4-35-15-7-8-19(35)16-31-28(39)21-12-14-26(37)32-22(11-13-25(30)36)29(40)34-23(18(2)3)17-41-24-10-6-5-9-20(24)27(38)33-21/h5-6,9-10,18-19,21-23H,4,7-8,11-17H2,1-3H3,(H2,30,36)(H,31,39)(H,32,37)(H,33,38)(H,34,40)/t19-,21-,22-,23+/m0/s1. The Kier molecular flexibility index (Phi) is 11.9. The number of carbonyl (C=O) groups excluding carboxylic acids is 5. The lowest BCUT2D eigenvalue weighted by Crippen LogP contribution is -2.53. The summed E-state index contributed by atoms with van der Waals surface area (Å²) >= 11 is 0. The lowest BCUT2D eigenvalue weighted by molar-refractivity contribution is -0.130.